The van der Waals surface area contributed by atoms with E-state index in [1.54, 1.807) is 0 Å². The van der Waals surface area contributed by atoms with Gasteiger partial charge in [-0.15, -0.1) is 0 Å². The third-order valence-electron chi connectivity index (χ3n) is 5.77. The molecule has 32 heavy (non-hydrogen) atoms. The highest BCUT2D eigenvalue weighted by atomic mass is 32.2. The summed E-state index contributed by atoms with van der Waals surface area (Å²) in [5.74, 6) is 0. The molecule has 3 aromatic rings. The summed E-state index contributed by atoms with van der Waals surface area (Å²) in [4.78, 5) is 5.28. The molecule has 3 aromatic carbocycles. The Labute approximate surface area is 195 Å². The Kier molecular flexibility index (Phi) is 8.89. The number of benzene rings is 3. The maximum atomic E-state index is 13.0. The highest BCUT2D eigenvalue weighted by Gasteiger charge is 2.20. The second-order valence-corrected chi connectivity index (χ2v) is 8.68. The molecule has 170 valence electrons. The third-order valence-corrected chi connectivity index (χ3v) is 6.79. The fourth-order valence-electron chi connectivity index (χ4n) is 3.88. The van der Waals surface area contributed by atoms with E-state index in [2.05, 4.69) is 86.0 Å². The lowest BCUT2D eigenvalue weighted by molar-refractivity contribution is 0.275. The summed E-state index contributed by atoms with van der Waals surface area (Å²) < 4.78 is 19.2. The number of hydrogen-bond acceptors (Lipinski definition) is 4. The Morgan fingerprint density at radius 1 is 0.656 bits per heavy atom. The average molecular weight is 451 g/mol. The van der Waals surface area contributed by atoms with Crippen LogP contribution in [0.3, 0.4) is 0 Å². The second kappa shape index (κ2) is 11.8. The van der Waals surface area contributed by atoms with Gasteiger partial charge >= 0.3 is 0 Å². The van der Waals surface area contributed by atoms with Gasteiger partial charge in [-0.1, -0.05) is 42.5 Å². The van der Waals surface area contributed by atoms with Crippen LogP contribution in [0.5, 0.6) is 0 Å². The molecule has 0 aliphatic rings. The predicted octanol–water partition coefficient (Wildman–Crippen LogP) is 6.21. The summed E-state index contributed by atoms with van der Waals surface area (Å²) in [7, 11) is 0. The van der Waals surface area contributed by atoms with Crippen LogP contribution in [-0.2, 0) is 15.3 Å². The van der Waals surface area contributed by atoms with Crippen molar-refractivity contribution in [2.24, 2.45) is 0 Å². The van der Waals surface area contributed by atoms with Crippen LogP contribution in [0.15, 0.2) is 83.8 Å². The fourth-order valence-corrected chi connectivity index (χ4v) is 4.76. The van der Waals surface area contributed by atoms with E-state index in [0.717, 1.165) is 37.3 Å². The molecular formula is C27H34N2O2S. The highest BCUT2D eigenvalue weighted by molar-refractivity contribution is 7.80. The molecule has 0 spiro atoms. The Morgan fingerprint density at radius 3 is 1.44 bits per heavy atom. The van der Waals surface area contributed by atoms with Crippen LogP contribution in [0.4, 0.5) is 11.4 Å². The van der Waals surface area contributed by atoms with Crippen LogP contribution in [0.2, 0.25) is 0 Å². The molecule has 0 bridgehead atoms. The molecular weight excluding hydrogens is 416 g/mol. The van der Waals surface area contributed by atoms with E-state index < -0.39 is 17.2 Å². The van der Waals surface area contributed by atoms with Crippen molar-refractivity contribution >= 4 is 22.5 Å². The molecule has 0 saturated heterocycles. The van der Waals surface area contributed by atoms with E-state index in [0.29, 0.717) is 4.90 Å². The minimum atomic E-state index is -1.57. The van der Waals surface area contributed by atoms with E-state index in [-0.39, 0.29) is 0 Å². The summed E-state index contributed by atoms with van der Waals surface area (Å²) in [6.07, 6.45) is -0.424. The molecule has 1 unspecified atom stereocenters. The molecule has 0 saturated carbocycles. The van der Waals surface area contributed by atoms with Crippen molar-refractivity contribution in [3.63, 3.8) is 0 Å². The maximum Gasteiger partial charge on any atom is 0.190 e. The zero-order valence-electron chi connectivity index (χ0n) is 19.5. The summed E-state index contributed by atoms with van der Waals surface area (Å²) in [5.41, 5.74) is 4.33. The van der Waals surface area contributed by atoms with E-state index in [1.165, 1.54) is 11.4 Å². The Balaban J connectivity index is 1.93. The molecule has 1 atom stereocenters. The summed E-state index contributed by atoms with van der Waals surface area (Å²) in [5, 5.41) is 0. The van der Waals surface area contributed by atoms with Crippen molar-refractivity contribution in [1.29, 1.82) is 0 Å². The lowest BCUT2D eigenvalue weighted by atomic mass is 10.0. The average Bonchev–Trinajstić information content (AvgIpc) is 2.85. The lowest BCUT2D eigenvalue weighted by Gasteiger charge is -2.24. The summed E-state index contributed by atoms with van der Waals surface area (Å²) in [6.45, 7) is 12.5. The maximum absolute atomic E-state index is 13.0. The zero-order valence-corrected chi connectivity index (χ0v) is 20.3. The summed E-state index contributed by atoms with van der Waals surface area (Å²) in [6, 6.07) is 26.1. The minimum Gasteiger partial charge on any atom is -0.372 e. The van der Waals surface area contributed by atoms with Crippen LogP contribution in [0.25, 0.3) is 0 Å². The van der Waals surface area contributed by atoms with Crippen molar-refractivity contribution < 1.29 is 8.39 Å². The van der Waals surface area contributed by atoms with Crippen molar-refractivity contribution in [1.82, 2.24) is 0 Å². The van der Waals surface area contributed by atoms with Gasteiger partial charge in [0.15, 0.2) is 11.1 Å². The monoisotopic (exact) mass is 450 g/mol. The van der Waals surface area contributed by atoms with Crippen LogP contribution in [0.1, 0.15) is 44.9 Å². The Hall–Kier alpha value is -2.63. The molecule has 0 heterocycles. The van der Waals surface area contributed by atoms with Gasteiger partial charge in [0.1, 0.15) is 6.10 Å². The first kappa shape index (κ1) is 24.0. The van der Waals surface area contributed by atoms with Gasteiger partial charge in [0.25, 0.3) is 0 Å². The molecule has 0 aromatic heterocycles. The van der Waals surface area contributed by atoms with E-state index >= 15 is 0 Å². The lowest BCUT2D eigenvalue weighted by Crippen LogP contribution is -2.22. The van der Waals surface area contributed by atoms with Crippen molar-refractivity contribution in [3.8, 4) is 0 Å². The van der Waals surface area contributed by atoms with Crippen molar-refractivity contribution in [2.45, 2.75) is 38.7 Å². The fraction of sp³-hybridized carbons (Fsp3) is 0.333. The SMILES string of the molecule is CCN(CC)c1ccc(C(OS(=O)c2ccccc2)c2ccc(N(CC)CC)cc2)cc1. The Bertz CT molecular complexity index is 911. The molecule has 0 aliphatic heterocycles. The van der Waals surface area contributed by atoms with E-state index in [1.807, 2.05) is 30.3 Å². The van der Waals surface area contributed by atoms with Crippen molar-refractivity contribution in [2.75, 3.05) is 36.0 Å². The predicted molar refractivity (Wildman–Crippen MR) is 136 cm³/mol. The minimum absolute atomic E-state index is 0.424. The van der Waals surface area contributed by atoms with Crippen LogP contribution in [0, 0.1) is 0 Å². The normalized spacial score (nSPS) is 12.0. The molecule has 0 N–H and O–H groups in total. The Morgan fingerprint density at radius 2 is 1.06 bits per heavy atom. The molecule has 0 amide bonds. The van der Waals surface area contributed by atoms with Gasteiger partial charge in [0.05, 0.1) is 4.90 Å². The first-order valence-electron chi connectivity index (χ1n) is 11.4. The molecule has 3 rings (SSSR count). The van der Waals surface area contributed by atoms with Gasteiger partial charge < -0.3 is 9.80 Å². The largest absolute Gasteiger partial charge is 0.372 e. The molecule has 5 heteroatoms. The molecule has 0 aliphatic carbocycles. The van der Waals surface area contributed by atoms with Crippen LogP contribution >= 0.6 is 0 Å². The summed E-state index contributed by atoms with van der Waals surface area (Å²) >= 11 is -1.57. The first-order chi connectivity index (χ1) is 15.6. The highest BCUT2D eigenvalue weighted by Crippen LogP contribution is 2.31. The number of nitrogens with zero attached hydrogens (tertiary/aromatic N) is 2. The first-order valence-corrected chi connectivity index (χ1v) is 12.5. The number of rotatable bonds is 11. The third kappa shape index (κ3) is 5.78. The van der Waals surface area contributed by atoms with Crippen molar-refractivity contribution in [3.05, 3.63) is 90.0 Å². The quantitative estimate of drug-likeness (QED) is 0.348. The number of anilines is 2. The topological polar surface area (TPSA) is 32.8 Å². The molecule has 4 nitrogen and oxygen atoms in total. The van der Waals surface area contributed by atoms with Gasteiger partial charge in [-0.05, 0) is 75.2 Å². The van der Waals surface area contributed by atoms with E-state index in [4.69, 9.17) is 4.18 Å². The van der Waals surface area contributed by atoms with Gasteiger partial charge in [0, 0.05) is 37.6 Å². The second-order valence-electron chi connectivity index (χ2n) is 7.55. The zero-order chi connectivity index (χ0) is 22.9. The van der Waals surface area contributed by atoms with E-state index in [9.17, 15) is 4.21 Å². The molecule has 0 fully saturated rings. The van der Waals surface area contributed by atoms with Gasteiger partial charge in [-0.25, -0.2) is 4.21 Å². The van der Waals surface area contributed by atoms with Crippen LogP contribution < -0.4 is 9.80 Å². The standard InChI is InChI=1S/C27H34N2O2S/c1-5-28(6-2)24-18-14-22(15-19-24)27(31-32(30)26-12-10-9-11-13-26)23-16-20-25(21-17-23)29(7-3)8-4/h9-21,27H,5-8H2,1-4H3. The van der Waals surface area contributed by atoms with Gasteiger partial charge in [0.2, 0.25) is 0 Å². The smallest absolute Gasteiger partial charge is 0.190 e. The van der Waals surface area contributed by atoms with Gasteiger partial charge in [-0.3, -0.25) is 4.18 Å². The molecule has 0 radical (unpaired) electrons. The number of hydrogen-bond donors (Lipinski definition) is 0. The van der Waals surface area contributed by atoms with Crippen LogP contribution in [-0.4, -0.2) is 30.4 Å². The van der Waals surface area contributed by atoms with Gasteiger partial charge in [-0.2, -0.15) is 0 Å².